The number of aromatic nitrogens is 4. The van der Waals surface area contributed by atoms with E-state index in [0.717, 1.165) is 17.0 Å². The van der Waals surface area contributed by atoms with E-state index in [-0.39, 0.29) is 11.7 Å². The Hall–Kier alpha value is -3.42. The van der Waals surface area contributed by atoms with Crippen molar-refractivity contribution in [1.82, 2.24) is 20.0 Å². The Morgan fingerprint density at radius 3 is 2.70 bits per heavy atom. The number of hydrogen-bond acceptors (Lipinski definition) is 6. The van der Waals surface area contributed by atoms with Gasteiger partial charge in [-0.15, -0.1) is 5.10 Å². The lowest BCUT2D eigenvalue weighted by molar-refractivity contribution is 0.0690. The average molecular weight is 365 g/mol. The van der Waals surface area contributed by atoms with Gasteiger partial charge in [0.05, 0.1) is 18.8 Å². The van der Waals surface area contributed by atoms with Crippen molar-refractivity contribution in [2.75, 3.05) is 24.6 Å². The second-order valence-electron chi connectivity index (χ2n) is 6.29. The molecule has 0 amide bonds. The summed E-state index contributed by atoms with van der Waals surface area (Å²) in [4.78, 5) is 17.2. The fourth-order valence-electron chi connectivity index (χ4n) is 3.00. The van der Waals surface area contributed by atoms with Gasteiger partial charge in [-0.1, -0.05) is 11.3 Å². The third-order valence-electron chi connectivity index (χ3n) is 4.49. The SMILES string of the molecule is CCOc1ccc(-c2cn(C3CN(c4cccc(C(=O)O)n4)C3)nn2)cc1. The van der Waals surface area contributed by atoms with E-state index in [1.807, 2.05) is 53.0 Å². The number of benzene rings is 1. The van der Waals surface area contributed by atoms with Gasteiger partial charge in [-0.2, -0.15) is 0 Å². The molecule has 8 heteroatoms. The largest absolute Gasteiger partial charge is 0.494 e. The van der Waals surface area contributed by atoms with Crippen LogP contribution in [0.2, 0.25) is 0 Å². The molecule has 138 valence electrons. The number of nitrogens with zero attached hydrogens (tertiary/aromatic N) is 5. The molecule has 0 bridgehead atoms. The second kappa shape index (κ2) is 7.06. The monoisotopic (exact) mass is 365 g/mol. The van der Waals surface area contributed by atoms with Crippen molar-refractivity contribution in [3.8, 4) is 17.0 Å². The summed E-state index contributed by atoms with van der Waals surface area (Å²) < 4.78 is 7.30. The van der Waals surface area contributed by atoms with Gasteiger partial charge in [0.15, 0.2) is 5.69 Å². The van der Waals surface area contributed by atoms with Crippen molar-refractivity contribution in [2.24, 2.45) is 0 Å². The second-order valence-corrected chi connectivity index (χ2v) is 6.29. The van der Waals surface area contributed by atoms with E-state index < -0.39 is 5.97 Å². The summed E-state index contributed by atoms with van der Waals surface area (Å²) in [6.45, 7) is 4.01. The van der Waals surface area contributed by atoms with Crippen LogP contribution in [0.3, 0.4) is 0 Å². The highest BCUT2D eigenvalue weighted by Crippen LogP contribution is 2.27. The van der Waals surface area contributed by atoms with Crippen molar-refractivity contribution in [2.45, 2.75) is 13.0 Å². The fraction of sp³-hybridized carbons (Fsp3) is 0.263. The average Bonchev–Trinajstić information content (AvgIpc) is 3.11. The van der Waals surface area contributed by atoms with Crippen LogP contribution in [-0.2, 0) is 0 Å². The lowest BCUT2D eigenvalue weighted by atomic mass is 10.1. The van der Waals surface area contributed by atoms with Gasteiger partial charge in [-0.3, -0.25) is 0 Å². The molecule has 8 nitrogen and oxygen atoms in total. The van der Waals surface area contributed by atoms with Gasteiger partial charge >= 0.3 is 5.97 Å². The van der Waals surface area contributed by atoms with Crippen LogP contribution >= 0.6 is 0 Å². The van der Waals surface area contributed by atoms with Gasteiger partial charge in [0.25, 0.3) is 0 Å². The molecule has 0 radical (unpaired) electrons. The molecule has 0 aliphatic carbocycles. The van der Waals surface area contributed by atoms with Crippen LogP contribution in [-0.4, -0.2) is 50.8 Å². The number of ether oxygens (including phenoxy) is 1. The minimum Gasteiger partial charge on any atom is -0.494 e. The highest BCUT2D eigenvalue weighted by Gasteiger charge is 2.30. The quantitative estimate of drug-likeness (QED) is 0.717. The summed E-state index contributed by atoms with van der Waals surface area (Å²) in [5, 5.41) is 17.6. The smallest absolute Gasteiger partial charge is 0.354 e. The summed E-state index contributed by atoms with van der Waals surface area (Å²) in [6.07, 6.45) is 1.93. The molecule has 0 saturated carbocycles. The molecule has 0 atom stereocenters. The van der Waals surface area contributed by atoms with E-state index in [4.69, 9.17) is 9.84 Å². The van der Waals surface area contributed by atoms with Crippen molar-refractivity contribution < 1.29 is 14.6 Å². The number of pyridine rings is 1. The Morgan fingerprint density at radius 1 is 1.22 bits per heavy atom. The molecule has 1 N–H and O–H groups in total. The highest BCUT2D eigenvalue weighted by atomic mass is 16.5. The van der Waals surface area contributed by atoms with Crippen LogP contribution in [0.25, 0.3) is 11.3 Å². The Labute approximate surface area is 156 Å². The van der Waals surface area contributed by atoms with Crippen LogP contribution in [0.5, 0.6) is 5.75 Å². The summed E-state index contributed by atoms with van der Waals surface area (Å²) >= 11 is 0. The first kappa shape index (κ1) is 17.0. The van der Waals surface area contributed by atoms with E-state index in [9.17, 15) is 4.79 Å². The Balaban J connectivity index is 1.42. The topological polar surface area (TPSA) is 93.4 Å². The molecule has 4 rings (SSSR count). The molecule has 1 aliphatic heterocycles. The standard InChI is InChI=1S/C19H19N5O3/c1-2-27-15-8-6-13(7-9-15)17-12-24(22-21-17)14-10-23(11-14)18-5-3-4-16(20-18)19(25)26/h3-9,12,14H,2,10-11H2,1H3,(H,25,26). The first-order valence-electron chi connectivity index (χ1n) is 8.74. The predicted octanol–water partition coefficient (Wildman–Crippen LogP) is 2.50. The van der Waals surface area contributed by atoms with Crippen molar-refractivity contribution in [1.29, 1.82) is 0 Å². The van der Waals surface area contributed by atoms with E-state index in [0.29, 0.717) is 25.5 Å². The maximum atomic E-state index is 11.1. The first-order chi connectivity index (χ1) is 13.1. The lowest BCUT2D eigenvalue weighted by Gasteiger charge is -2.39. The number of carboxylic acids is 1. The number of aromatic carboxylic acids is 1. The van der Waals surface area contributed by atoms with E-state index >= 15 is 0 Å². The molecule has 1 aromatic carbocycles. The maximum Gasteiger partial charge on any atom is 0.354 e. The molecule has 3 heterocycles. The molecular weight excluding hydrogens is 346 g/mol. The van der Waals surface area contributed by atoms with Crippen molar-refractivity contribution in [3.05, 3.63) is 54.4 Å². The van der Waals surface area contributed by atoms with E-state index in [1.165, 1.54) is 6.07 Å². The Morgan fingerprint density at radius 2 is 2.00 bits per heavy atom. The normalized spacial score (nSPS) is 14.0. The Bertz CT molecular complexity index is 948. The zero-order valence-corrected chi connectivity index (χ0v) is 14.8. The predicted molar refractivity (Wildman–Crippen MR) is 99.1 cm³/mol. The van der Waals surface area contributed by atoms with Crippen LogP contribution < -0.4 is 9.64 Å². The summed E-state index contributed by atoms with van der Waals surface area (Å²) in [5.74, 6) is 0.475. The molecule has 0 unspecified atom stereocenters. The van der Waals surface area contributed by atoms with E-state index in [1.54, 1.807) is 6.07 Å². The van der Waals surface area contributed by atoms with Gasteiger partial charge in [0.1, 0.15) is 17.3 Å². The molecule has 2 aromatic heterocycles. The van der Waals surface area contributed by atoms with Crippen LogP contribution in [0.15, 0.2) is 48.7 Å². The zero-order valence-electron chi connectivity index (χ0n) is 14.8. The minimum absolute atomic E-state index is 0.0505. The Kier molecular flexibility index (Phi) is 4.45. The van der Waals surface area contributed by atoms with Gasteiger partial charge in [0.2, 0.25) is 0 Å². The molecule has 1 fully saturated rings. The highest BCUT2D eigenvalue weighted by molar-refractivity contribution is 5.85. The third kappa shape index (κ3) is 3.46. The lowest BCUT2D eigenvalue weighted by Crippen LogP contribution is -2.48. The maximum absolute atomic E-state index is 11.1. The van der Waals surface area contributed by atoms with Crippen molar-refractivity contribution in [3.63, 3.8) is 0 Å². The number of carboxylic acid groups (broad SMARTS) is 1. The van der Waals surface area contributed by atoms with Gasteiger partial charge in [-0.05, 0) is 43.3 Å². The molecule has 0 spiro atoms. The van der Waals surface area contributed by atoms with Crippen molar-refractivity contribution >= 4 is 11.8 Å². The van der Waals surface area contributed by atoms with Gasteiger partial charge < -0.3 is 14.7 Å². The molecule has 27 heavy (non-hydrogen) atoms. The molecular formula is C19H19N5O3. The summed E-state index contributed by atoms with van der Waals surface area (Å²) in [6, 6.07) is 13.0. The first-order valence-corrected chi connectivity index (χ1v) is 8.74. The summed E-state index contributed by atoms with van der Waals surface area (Å²) in [5.41, 5.74) is 1.84. The van der Waals surface area contributed by atoms with Gasteiger partial charge in [0, 0.05) is 18.7 Å². The third-order valence-corrected chi connectivity index (χ3v) is 4.49. The number of rotatable bonds is 6. The van der Waals surface area contributed by atoms with Crippen LogP contribution in [0.4, 0.5) is 5.82 Å². The number of hydrogen-bond donors (Lipinski definition) is 1. The number of anilines is 1. The molecule has 1 saturated heterocycles. The van der Waals surface area contributed by atoms with Crippen LogP contribution in [0, 0.1) is 0 Å². The van der Waals surface area contributed by atoms with Crippen LogP contribution in [0.1, 0.15) is 23.5 Å². The summed E-state index contributed by atoms with van der Waals surface area (Å²) in [7, 11) is 0. The molecule has 3 aromatic rings. The van der Waals surface area contributed by atoms with Gasteiger partial charge in [-0.25, -0.2) is 14.5 Å². The van der Waals surface area contributed by atoms with E-state index in [2.05, 4.69) is 15.3 Å². The molecule has 1 aliphatic rings. The number of carbonyl (C=O) groups is 1. The minimum atomic E-state index is -1.02. The zero-order chi connectivity index (χ0) is 18.8. The fourth-order valence-corrected chi connectivity index (χ4v) is 3.00.